The Morgan fingerprint density at radius 2 is 1.91 bits per heavy atom. The molecule has 0 fully saturated rings. The zero-order valence-corrected chi connectivity index (χ0v) is 13.7. The third-order valence-corrected chi connectivity index (χ3v) is 3.32. The fraction of sp³-hybridized carbons (Fsp3) is 0.312. The van der Waals surface area contributed by atoms with Gasteiger partial charge in [-0.2, -0.15) is 0 Å². The van der Waals surface area contributed by atoms with Crippen LogP contribution < -0.4 is 10.2 Å². The maximum Gasteiger partial charge on any atom is 0.224 e. The number of halogens is 1. The Hall–Kier alpha value is -2.14. The van der Waals surface area contributed by atoms with Crippen LogP contribution in [0.5, 0.6) is 0 Å². The van der Waals surface area contributed by atoms with Crippen molar-refractivity contribution in [3.8, 4) is 0 Å². The number of rotatable bonds is 5. The molecule has 2 rings (SSSR count). The topological polar surface area (TPSA) is 58.1 Å². The van der Waals surface area contributed by atoms with Gasteiger partial charge in [0.2, 0.25) is 5.91 Å². The molecule has 0 unspecified atom stereocenters. The van der Waals surface area contributed by atoms with Crippen LogP contribution in [0, 0.1) is 6.92 Å². The lowest BCUT2D eigenvalue weighted by molar-refractivity contribution is -0.120. The predicted octanol–water partition coefficient (Wildman–Crippen LogP) is 2.36. The van der Waals surface area contributed by atoms with Crippen molar-refractivity contribution in [2.75, 3.05) is 19.0 Å². The van der Waals surface area contributed by atoms with Crippen molar-refractivity contribution in [2.24, 2.45) is 0 Å². The molecule has 0 saturated carbocycles. The summed E-state index contributed by atoms with van der Waals surface area (Å²) in [7, 11) is 3.84. The highest BCUT2D eigenvalue weighted by molar-refractivity contribution is 6.30. The second-order valence-corrected chi connectivity index (χ2v) is 5.69. The van der Waals surface area contributed by atoms with Crippen molar-refractivity contribution in [3.05, 3.63) is 52.4 Å². The highest BCUT2D eigenvalue weighted by Crippen LogP contribution is 2.11. The molecule has 1 N–H and O–H groups in total. The molecule has 0 spiro atoms. The van der Waals surface area contributed by atoms with Crippen LogP contribution in [-0.2, 0) is 17.8 Å². The van der Waals surface area contributed by atoms with Gasteiger partial charge in [-0.15, -0.1) is 0 Å². The van der Waals surface area contributed by atoms with Gasteiger partial charge in [0.1, 0.15) is 11.6 Å². The van der Waals surface area contributed by atoms with Gasteiger partial charge in [-0.05, 0) is 24.6 Å². The van der Waals surface area contributed by atoms with Crippen LogP contribution in [0.1, 0.15) is 17.1 Å². The molecule has 0 aliphatic rings. The molecule has 0 saturated heterocycles. The second kappa shape index (κ2) is 7.22. The first-order valence-electron chi connectivity index (χ1n) is 6.97. The lowest BCUT2D eigenvalue weighted by Gasteiger charge is -2.13. The van der Waals surface area contributed by atoms with Crippen molar-refractivity contribution in [1.29, 1.82) is 0 Å². The van der Waals surface area contributed by atoms with Crippen molar-refractivity contribution in [3.63, 3.8) is 0 Å². The summed E-state index contributed by atoms with van der Waals surface area (Å²) in [6.45, 7) is 2.22. The maximum absolute atomic E-state index is 12.0. The third kappa shape index (κ3) is 4.70. The monoisotopic (exact) mass is 318 g/mol. The van der Waals surface area contributed by atoms with Crippen LogP contribution >= 0.6 is 11.6 Å². The molecule has 1 amide bonds. The van der Waals surface area contributed by atoms with Gasteiger partial charge in [-0.1, -0.05) is 23.7 Å². The standard InChI is InChI=1S/C16H19ClN4O/c1-11-8-15(21(2)3)20-14(19-11)10-18-16(22)9-12-4-6-13(17)7-5-12/h4-8H,9-10H2,1-3H3,(H,18,22). The van der Waals surface area contributed by atoms with E-state index in [9.17, 15) is 4.79 Å². The summed E-state index contributed by atoms with van der Waals surface area (Å²) in [5.74, 6) is 1.36. The second-order valence-electron chi connectivity index (χ2n) is 5.26. The van der Waals surface area contributed by atoms with Crippen LogP contribution in [0.2, 0.25) is 5.02 Å². The molecular weight excluding hydrogens is 300 g/mol. The molecule has 1 aromatic carbocycles. The zero-order chi connectivity index (χ0) is 16.1. The lowest BCUT2D eigenvalue weighted by atomic mass is 10.1. The molecule has 1 heterocycles. The Morgan fingerprint density at radius 1 is 1.23 bits per heavy atom. The zero-order valence-electron chi connectivity index (χ0n) is 12.9. The number of aryl methyl sites for hydroxylation is 1. The molecule has 1 aromatic heterocycles. The SMILES string of the molecule is Cc1cc(N(C)C)nc(CNC(=O)Cc2ccc(Cl)cc2)n1. The molecule has 0 radical (unpaired) electrons. The van der Waals surface area contributed by atoms with Gasteiger partial charge < -0.3 is 10.2 Å². The predicted molar refractivity (Wildman–Crippen MR) is 88.1 cm³/mol. The van der Waals surface area contributed by atoms with Gasteiger partial charge in [0.15, 0.2) is 0 Å². The fourth-order valence-corrected chi connectivity index (χ4v) is 2.07. The Balaban J connectivity index is 1.94. The average Bonchev–Trinajstić information content (AvgIpc) is 2.47. The summed E-state index contributed by atoms with van der Waals surface area (Å²) in [5, 5.41) is 3.50. The summed E-state index contributed by atoms with van der Waals surface area (Å²) < 4.78 is 0. The van der Waals surface area contributed by atoms with Crippen LogP contribution in [-0.4, -0.2) is 30.0 Å². The molecule has 0 aliphatic heterocycles. The van der Waals surface area contributed by atoms with Gasteiger partial charge in [0.25, 0.3) is 0 Å². The van der Waals surface area contributed by atoms with E-state index in [0.717, 1.165) is 17.1 Å². The van der Waals surface area contributed by atoms with Crippen LogP contribution in [0.25, 0.3) is 0 Å². The maximum atomic E-state index is 12.0. The van der Waals surface area contributed by atoms with Gasteiger partial charge >= 0.3 is 0 Å². The number of amides is 1. The van der Waals surface area contributed by atoms with Gasteiger partial charge in [-0.3, -0.25) is 4.79 Å². The van der Waals surface area contributed by atoms with Crippen molar-refractivity contribution in [1.82, 2.24) is 15.3 Å². The van der Waals surface area contributed by atoms with E-state index in [1.165, 1.54) is 0 Å². The van der Waals surface area contributed by atoms with Crippen LogP contribution in [0.4, 0.5) is 5.82 Å². The number of benzene rings is 1. The Bertz CT molecular complexity index is 656. The van der Waals surface area contributed by atoms with Gasteiger partial charge in [-0.25, -0.2) is 9.97 Å². The first-order chi connectivity index (χ1) is 10.4. The summed E-state index contributed by atoms with van der Waals surface area (Å²) >= 11 is 5.82. The normalized spacial score (nSPS) is 10.4. The summed E-state index contributed by atoms with van der Waals surface area (Å²) in [5.41, 5.74) is 1.79. The number of carbonyl (C=O) groups is 1. The third-order valence-electron chi connectivity index (χ3n) is 3.07. The highest BCUT2D eigenvalue weighted by atomic mass is 35.5. The molecule has 5 nitrogen and oxygen atoms in total. The molecule has 116 valence electrons. The van der Waals surface area contributed by atoms with E-state index in [-0.39, 0.29) is 5.91 Å². The molecule has 0 bridgehead atoms. The summed E-state index contributed by atoms with van der Waals surface area (Å²) in [6.07, 6.45) is 0.309. The smallest absolute Gasteiger partial charge is 0.224 e. The van der Waals surface area contributed by atoms with E-state index in [0.29, 0.717) is 23.8 Å². The molecule has 2 aromatic rings. The molecule has 22 heavy (non-hydrogen) atoms. The van der Waals surface area contributed by atoms with E-state index in [1.807, 2.05) is 44.1 Å². The largest absolute Gasteiger partial charge is 0.363 e. The van der Waals surface area contributed by atoms with Crippen LogP contribution in [0.3, 0.4) is 0 Å². The van der Waals surface area contributed by atoms with E-state index in [4.69, 9.17) is 11.6 Å². The minimum atomic E-state index is -0.0705. The molecule has 0 atom stereocenters. The quantitative estimate of drug-likeness (QED) is 0.919. The van der Waals surface area contributed by atoms with Crippen molar-refractivity contribution < 1.29 is 4.79 Å². The summed E-state index contributed by atoms with van der Waals surface area (Å²) in [6, 6.07) is 9.14. The lowest BCUT2D eigenvalue weighted by Crippen LogP contribution is -2.26. The van der Waals surface area contributed by atoms with Gasteiger partial charge in [0, 0.05) is 30.9 Å². The number of aromatic nitrogens is 2. The summed E-state index contributed by atoms with van der Waals surface area (Å²) in [4.78, 5) is 22.6. The Labute approximate surface area is 135 Å². The number of carbonyl (C=O) groups excluding carboxylic acids is 1. The van der Waals surface area contributed by atoms with E-state index >= 15 is 0 Å². The minimum Gasteiger partial charge on any atom is -0.363 e. The number of hydrogen-bond donors (Lipinski definition) is 1. The Kier molecular flexibility index (Phi) is 5.33. The van der Waals surface area contributed by atoms with Crippen molar-refractivity contribution >= 4 is 23.3 Å². The van der Waals surface area contributed by atoms with E-state index in [2.05, 4.69) is 15.3 Å². The molecular formula is C16H19ClN4O. The number of nitrogens with zero attached hydrogens (tertiary/aromatic N) is 3. The Morgan fingerprint density at radius 3 is 2.55 bits per heavy atom. The van der Waals surface area contributed by atoms with Crippen molar-refractivity contribution in [2.45, 2.75) is 19.9 Å². The first kappa shape index (κ1) is 16.2. The number of hydrogen-bond acceptors (Lipinski definition) is 4. The fourth-order valence-electron chi connectivity index (χ4n) is 1.95. The molecule has 0 aliphatic carbocycles. The number of nitrogens with one attached hydrogen (secondary N) is 1. The minimum absolute atomic E-state index is 0.0705. The van der Waals surface area contributed by atoms with E-state index < -0.39 is 0 Å². The van der Waals surface area contributed by atoms with Gasteiger partial charge in [0.05, 0.1) is 13.0 Å². The average molecular weight is 319 g/mol. The first-order valence-corrected chi connectivity index (χ1v) is 7.35. The number of anilines is 1. The highest BCUT2D eigenvalue weighted by Gasteiger charge is 2.07. The van der Waals surface area contributed by atoms with Crippen LogP contribution in [0.15, 0.2) is 30.3 Å². The molecule has 6 heteroatoms. The van der Waals surface area contributed by atoms with E-state index in [1.54, 1.807) is 12.1 Å².